The van der Waals surface area contributed by atoms with Crippen LogP contribution >= 0.6 is 0 Å². The monoisotopic (exact) mass is 466 g/mol. The first kappa shape index (κ1) is 23.6. The lowest BCUT2D eigenvalue weighted by Gasteiger charge is -2.42. The second kappa shape index (κ2) is 10.1. The quantitative estimate of drug-likeness (QED) is 0.641. The summed E-state index contributed by atoms with van der Waals surface area (Å²) in [6, 6.07) is 11.9. The van der Waals surface area contributed by atoms with Gasteiger partial charge in [0, 0.05) is 25.5 Å². The van der Waals surface area contributed by atoms with Crippen LogP contribution in [0.4, 0.5) is 16.2 Å². The Kier molecular flexibility index (Phi) is 7.02. The van der Waals surface area contributed by atoms with E-state index in [2.05, 4.69) is 16.0 Å². The maximum absolute atomic E-state index is 13.3. The lowest BCUT2D eigenvalue weighted by atomic mass is 9.94. The molecule has 9 nitrogen and oxygen atoms in total. The van der Waals surface area contributed by atoms with Gasteiger partial charge in [-0.2, -0.15) is 0 Å². The van der Waals surface area contributed by atoms with Crippen LogP contribution in [0.25, 0.3) is 0 Å². The first-order chi connectivity index (χ1) is 16.3. The highest BCUT2D eigenvalue weighted by Crippen LogP contribution is 2.32. The fraction of sp³-hybridized carbons (Fsp3) is 0.400. The second-order valence-electron chi connectivity index (χ2n) is 8.71. The molecule has 1 fully saturated rings. The molecule has 1 saturated heterocycles. The summed E-state index contributed by atoms with van der Waals surface area (Å²) >= 11 is 0. The highest BCUT2D eigenvalue weighted by molar-refractivity contribution is 6.02. The van der Waals surface area contributed by atoms with Gasteiger partial charge in [0.15, 0.2) is 0 Å². The largest absolute Gasteiger partial charge is 0.490 e. The number of urea groups is 1. The number of hydrogen-bond acceptors (Lipinski definition) is 5. The van der Waals surface area contributed by atoms with Crippen molar-refractivity contribution in [2.24, 2.45) is 0 Å². The van der Waals surface area contributed by atoms with Crippen LogP contribution in [0.1, 0.15) is 35.2 Å². The van der Waals surface area contributed by atoms with Crippen molar-refractivity contribution < 1.29 is 23.9 Å². The molecule has 9 heteroatoms. The topological polar surface area (TPSA) is 109 Å². The van der Waals surface area contributed by atoms with Gasteiger partial charge in [0.1, 0.15) is 18.5 Å². The fourth-order valence-corrected chi connectivity index (χ4v) is 4.43. The summed E-state index contributed by atoms with van der Waals surface area (Å²) in [5, 5.41) is 8.19. The Bertz CT molecular complexity index is 1090. The van der Waals surface area contributed by atoms with Gasteiger partial charge in [0.05, 0.1) is 24.1 Å². The predicted molar refractivity (Wildman–Crippen MR) is 128 cm³/mol. The smallest absolute Gasteiger partial charge is 0.323 e. The number of ether oxygens (including phenoxy) is 2. The number of fused-ring (bicyclic) bond motifs is 2. The lowest BCUT2D eigenvalue weighted by Crippen LogP contribution is -2.53. The van der Waals surface area contributed by atoms with Crippen LogP contribution in [0, 0.1) is 6.92 Å². The van der Waals surface area contributed by atoms with Crippen LogP contribution in [0.3, 0.4) is 0 Å². The molecule has 0 saturated carbocycles. The van der Waals surface area contributed by atoms with E-state index in [9.17, 15) is 14.4 Å². The van der Waals surface area contributed by atoms with Gasteiger partial charge in [-0.05, 0) is 55.7 Å². The fourth-order valence-electron chi connectivity index (χ4n) is 4.43. The summed E-state index contributed by atoms with van der Waals surface area (Å²) in [6.45, 7) is 2.21. The predicted octanol–water partition coefficient (Wildman–Crippen LogP) is 3.16. The third-order valence-electron chi connectivity index (χ3n) is 6.24. The van der Waals surface area contributed by atoms with Crippen molar-refractivity contribution in [1.29, 1.82) is 0 Å². The van der Waals surface area contributed by atoms with Crippen LogP contribution < -0.4 is 20.7 Å². The van der Waals surface area contributed by atoms with Gasteiger partial charge in [-0.25, -0.2) is 4.79 Å². The zero-order valence-electron chi connectivity index (χ0n) is 19.6. The molecule has 2 heterocycles. The third-order valence-corrected chi connectivity index (χ3v) is 6.24. The van der Waals surface area contributed by atoms with E-state index >= 15 is 0 Å². The van der Waals surface area contributed by atoms with Crippen LogP contribution in [0.5, 0.6) is 5.75 Å². The average molecular weight is 467 g/mol. The van der Waals surface area contributed by atoms with E-state index < -0.39 is 6.03 Å². The Hall–Kier alpha value is -3.59. The van der Waals surface area contributed by atoms with Crippen molar-refractivity contribution in [3.63, 3.8) is 0 Å². The molecule has 2 aliphatic rings. The molecule has 180 valence electrons. The van der Waals surface area contributed by atoms with Gasteiger partial charge in [-0.1, -0.05) is 12.1 Å². The van der Waals surface area contributed by atoms with Gasteiger partial charge < -0.3 is 30.3 Å². The minimum absolute atomic E-state index is 0.0727. The number of carbonyl (C=O) groups excluding carboxylic acids is 3. The SMILES string of the molecule is CNC(=O)C[C@H]1CC[C@@H]2[C@@H](COc3ccc(NC(=O)Nc4cccc(C)c4)cc3C(=O)N2C)O1. The maximum atomic E-state index is 13.3. The summed E-state index contributed by atoms with van der Waals surface area (Å²) in [5.41, 5.74) is 2.58. The molecule has 0 aliphatic carbocycles. The Balaban J connectivity index is 1.47. The number of anilines is 2. The second-order valence-corrected chi connectivity index (χ2v) is 8.71. The molecular weight excluding hydrogens is 436 g/mol. The summed E-state index contributed by atoms with van der Waals surface area (Å²) in [7, 11) is 3.35. The molecule has 0 bridgehead atoms. The molecule has 0 unspecified atom stereocenters. The molecule has 4 rings (SSSR count). The lowest BCUT2D eigenvalue weighted by molar-refractivity contribution is -0.133. The third kappa shape index (κ3) is 5.31. The minimum atomic E-state index is -0.402. The van der Waals surface area contributed by atoms with E-state index in [1.807, 2.05) is 25.1 Å². The molecule has 3 atom stereocenters. The van der Waals surface area contributed by atoms with Crippen molar-refractivity contribution in [2.45, 2.75) is 44.4 Å². The highest BCUT2D eigenvalue weighted by atomic mass is 16.5. The molecule has 0 aromatic heterocycles. The number of hydrogen-bond donors (Lipinski definition) is 3. The Morgan fingerprint density at radius 1 is 1.09 bits per heavy atom. The van der Waals surface area contributed by atoms with E-state index in [1.165, 1.54) is 0 Å². The number of amides is 4. The average Bonchev–Trinajstić information content (AvgIpc) is 2.81. The summed E-state index contributed by atoms with van der Waals surface area (Å²) in [6.07, 6.45) is 1.14. The Morgan fingerprint density at radius 3 is 2.59 bits per heavy atom. The summed E-state index contributed by atoms with van der Waals surface area (Å²) in [4.78, 5) is 39.2. The van der Waals surface area contributed by atoms with E-state index in [0.29, 0.717) is 35.5 Å². The zero-order chi connectivity index (χ0) is 24.2. The van der Waals surface area contributed by atoms with E-state index in [4.69, 9.17) is 9.47 Å². The van der Waals surface area contributed by atoms with Gasteiger partial charge in [-0.3, -0.25) is 9.59 Å². The summed E-state index contributed by atoms with van der Waals surface area (Å²) < 4.78 is 12.1. The Morgan fingerprint density at radius 2 is 1.85 bits per heavy atom. The number of benzene rings is 2. The molecule has 4 amide bonds. The van der Waals surface area contributed by atoms with E-state index in [-0.39, 0.29) is 43.1 Å². The first-order valence-electron chi connectivity index (χ1n) is 11.4. The molecule has 0 radical (unpaired) electrons. The highest BCUT2D eigenvalue weighted by Gasteiger charge is 2.39. The van der Waals surface area contributed by atoms with Gasteiger partial charge in [0.25, 0.3) is 5.91 Å². The van der Waals surface area contributed by atoms with Crippen LogP contribution in [0.15, 0.2) is 42.5 Å². The van der Waals surface area contributed by atoms with Crippen LogP contribution in [-0.2, 0) is 9.53 Å². The van der Waals surface area contributed by atoms with Crippen LogP contribution in [0.2, 0.25) is 0 Å². The van der Waals surface area contributed by atoms with Crippen molar-refractivity contribution in [1.82, 2.24) is 10.2 Å². The number of rotatable bonds is 4. The first-order valence-corrected chi connectivity index (χ1v) is 11.4. The molecule has 2 aromatic rings. The normalized spacial score (nSPS) is 21.8. The van der Waals surface area contributed by atoms with Crippen molar-refractivity contribution in [2.75, 3.05) is 31.3 Å². The van der Waals surface area contributed by atoms with Crippen molar-refractivity contribution >= 4 is 29.2 Å². The summed E-state index contributed by atoms with van der Waals surface area (Å²) in [5.74, 6) is 0.147. The molecular formula is C25H30N4O5. The number of nitrogens with zero attached hydrogens (tertiary/aromatic N) is 1. The molecule has 3 N–H and O–H groups in total. The van der Waals surface area contributed by atoms with E-state index in [1.54, 1.807) is 43.3 Å². The van der Waals surface area contributed by atoms with Crippen molar-refractivity contribution in [3.8, 4) is 5.75 Å². The maximum Gasteiger partial charge on any atom is 0.323 e. The number of likely N-dealkylation sites (N-methyl/N-ethyl adjacent to an activating group) is 1. The number of carbonyl (C=O) groups is 3. The van der Waals surface area contributed by atoms with Gasteiger partial charge in [0.2, 0.25) is 5.91 Å². The van der Waals surface area contributed by atoms with Gasteiger partial charge >= 0.3 is 6.03 Å². The van der Waals surface area contributed by atoms with E-state index in [0.717, 1.165) is 5.56 Å². The molecule has 34 heavy (non-hydrogen) atoms. The standard InChI is InChI=1S/C25H30N4O5/c1-15-5-4-6-16(11-15)27-25(32)28-17-7-10-21-19(12-17)24(31)29(3)20-9-8-18(13-23(30)26-2)34-22(20)14-33-21/h4-7,10-12,18,20,22H,8-9,13-14H2,1-3H3,(H,26,30)(H2,27,28,32)/t18-,20-,22-/m1/s1. The Labute approximate surface area is 198 Å². The molecule has 2 aliphatic heterocycles. The zero-order valence-corrected chi connectivity index (χ0v) is 19.6. The van der Waals surface area contributed by atoms with Crippen molar-refractivity contribution in [3.05, 3.63) is 53.6 Å². The number of aryl methyl sites for hydroxylation is 1. The number of nitrogens with one attached hydrogen (secondary N) is 3. The van der Waals surface area contributed by atoms with Crippen LogP contribution in [-0.4, -0.2) is 61.7 Å². The minimum Gasteiger partial charge on any atom is -0.490 e. The molecule has 0 spiro atoms. The van der Waals surface area contributed by atoms with Gasteiger partial charge in [-0.15, -0.1) is 0 Å². The molecule has 2 aromatic carbocycles.